The zero-order chi connectivity index (χ0) is 23.1. The third-order valence-electron chi connectivity index (χ3n) is 6.81. The van der Waals surface area contributed by atoms with Crippen LogP contribution in [-0.2, 0) is 22.6 Å². The van der Waals surface area contributed by atoms with E-state index in [4.69, 9.17) is 0 Å². The van der Waals surface area contributed by atoms with E-state index in [9.17, 15) is 9.59 Å². The first-order chi connectivity index (χ1) is 15.3. The number of hydrogen-bond donors (Lipinski definition) is 0. The summed E-state index contributed by atoms with van der Waals surface area (Å²) < 4.78 is 1.68. The summed E-state index contributed by atoms with van der Waals surface area (Å²) >= 11 is 0. The zero-order valence-electron chi connectivity index (χ0n) is 20.0. The van der Waals surface area contributed by atoms with Crippen LogP contribution in [0.2, 0.25) is 0 Å². The first-order valence-corrected chi connectivity index (χ1v) is 11.9. The maximum atomic E-state index is 13.1. The van der Waals surface area contributed by atoms with Crippen LogP contribution in [-0.4, -0.2) is 57.6 Å². The highest BCUT2D eigenvalue weighted by Gasteiger charge is 2.33. The van der Waals surface area contributed by atoms with E-state index in [-0.39, 0.29) is 24.4 Å². The third kappa shape index (κ3) is 6.44. The van der Waals surface area contributed by atoms with Crippen molar-refractivity contribution in [2.75, 3.05) is 20.1 Å². The standard InChI is InChI=1S/C26H38N4O2/c1-20(2)10-11-25(31)29-16-12-22(13-17-29)24(18-23-9-6-5-8-21(23)3)28(4)26(32)19-30-15-7-14-27-30/h5-9,14-15,20,22,24H,10-13,16-19H2,1-4H3/t24-/m0/s1. The fourth-order valence-electron chi connectivity index (χ4n) is 4.62. The molecule has 1 aromatic carbocycles. The lowest BCUT2D eigenvalue weighted by atomic mass is 9.84. The van der Waals surface area contributed by atoms with Crippen LogP contribution in [0.4, 0.5) is 0 Å². The number of aryl methyl sites for hydroxylation is 1. The number of likely N-dealkylation sites (tertiary alicyclic amines) is 1. The van der Waals surface area contributed by atoms with Crippen molar-refractivity contribution in [2.45, 2.75) is 65.5 Å². The number of hydrogen-bond acceptors (Lipinski definition) is 3. The molecular weight excluding hydrogens is 400 g/mol. The highest BCUT2D eigenvalue weighted by molar-refractivity contribution is 5.76. The quantitative estimate of drug-likeness (QED) is 0.596. The van der Waals surface area contributed by atoms with Crippen LogP contribution in [0.3, 0.4) is 0 Å². The molecule has 0 saturated carbocycles. The number of piperidine rings is 1. The van der Waals surface area contributed by atoms with E-state index in [0.717, 1.165) is 38.8 Å². The first kappa shape index (κ1) is 24.0. The zero-order valence-corrected chi connectivity index (χ0v) is 20.0. The molecule has 0 unspecified atom stereocenters. The molecule has 0 aliphatic carbocycles. The maximum Gasteiger partial charge on any atom is 0.244 e. The van der Waals surface area contributed by atoms with Gasteiger partial charge in [0.15, 0.2) is 0 Å². The maximum absolute atomic E-state index is 13.1. The van der Waals surface area contributed by atoms with Gasteiger partial charge in [-0.05, 0) is 61.6 Å². The Morgan fingerprint density at radius 2 is 1.88 bits per heavy atom. The second-order valence-electron chi connectivity index (χ2n) is 9.56. The molecule has 6 nitrogen and oxygen atoms in total. The molecule has 6 heteroatoms. The molecule has 0 bridgehead atoms. The summed E-state index contributed by atoms with van der Waals surface area (Å²) in [5.41, 5.74) is 2.54. The molecule has 1 saturated heterocycles. The Morgan fingerprint density at radius 1 is 1.16 bits per heavy atom. The van der Waals surface area contributed by atoms with Gasteiger partial charge < -0.3 is 9.80 Å². The van der Waals surface area contributed by atoms with E-state index < -0.39 is 0 Å². The topological polar surface area (TPSA) is 58.4 Å². The monoisotopic (exact) mass is 438 g/mol. The van der Waals surface area contributed by atoms with Gasteiger partial charge in [-0.1, -0.05) is 38.1 Å². The minimum absolute atomic E-state index is 0.0720. The summed E-state index contributed by atoms with van der Waals surface area (Å²) in [6, 6.07) is 10.4. The van der Waals surface area contributed by atoms with Crippen molar-refractivity contribution < 1.29 is 9.59 Å². The molecule has 3 rings (SSSR count). The lowest BCUT2D eigenvalue weighted by molar-refractivity contribution is -0.137. The van der Waals surface area contributed by atoms with Crippen molar-refractivity contribution in [3.05, 3.63) is 53.9 Å². The number of carbonyl (C=O) groups excluding carboxylic acids is 2. The summed E-state index contributed by atoms with van der Waals surface area (Å²) in [6.07, 6.45) is 7.80. The Morgan fingerprint density at radius 3 is 2.50 bits per heavy atom. The van der Waals surface area contributed by atoms with Crippen LogP contribution in [0.5, 0.6) is 0 Å². The van der Waals surface area contributed by atoms with Crippen molar-refractivity contribution in [1.29, 1.82) is 0 Å². The van der Waals surface area contributed by atoms with Crippen molar-refractivity contribution in [3.8, 4) is 0 Å². The van der Waals surface area contributed by atoms with Gasteiger partial charge in [-0.3, -0.25) is 14.3 Å². The van der Waals surface area contributed by atoms with Crippen LogP contribution >= 0.6 is 0 Å². The average molecular weight is 439 g/mol. The van der Waals surface area contributed by atoms with Crippen molar-refractivity contribution >= 4 is 11.8 Å². The van der Waals surface area contributed by atoms with Gasteiger partial charge in [0.25, 0.3) is 0 Å². The Kier molecular flexibility index (Phi) is 8.48. The molecule has 0 radical (unpaired) electrons. The van der Waals surface area contributed by atoms with Crippen LogP contribution < -0.4 is 0 Å². The molecule has 174 valence electrons. The molecule has 1 aliphatic heterocycles. The number of amides is 2. The highest BCUT2D eigenvalue weighted by Crippen LogP contribution is 2.28. The Balaban J connectivity index is 1.69. The normalized spacial score (nSPS) is 15.7. The largest absolute Gasteiger partial charge is 0.343 e. The van der Waals surface area contributed by atoms with Gasteiger partial charge >= 0.3 is 0 Å². The Bertz CT molecular complexity index is 870. The molecule has 32 heavy (non-hydrogen) atoms. The van der Waals surface area contributed by atoms with E-state index in [1.54, 1.807) is 10.9 Å². The first-order valence-electron chi connectivity index (χ1n) is 11.9. The molecule has 0 N–H and O–H groups in total. The lowest BCUT2D eigenvalue weighted by Gasteiger charge is -2.40. The fraction of sp³-hybridized carbons (Fsp3) is 0.577. The van der Waals surface area contributed by atoms with Gasteiger partial charge in [-0.25, -0.2) is 0 Å². The van der Waals surface area contributed by atoms with Crippen LogP contribution in [0, 0.1) is 18.8 Å². The number of likely N-dealkylation sites (N-methyl/N-ethyl adjacent to an activating group) is 1. The average Bonchev–Trinajstić information content (AvgIpc) is 3.29. The number of nitrogens with zero attached hydrogens (tertiary/aromatic N) is 4. The predicted octanol–water partition coefficient (Wildman–Crippen LogP) is 3.94. The van der Waals surface area contributed by atoms with Gasteiger partial charge in [0.05, 0.1) is 0 Å². The van der Waals surface area contributed by atoms with Gasteiger partial charge in [0.2, 0.25) is 11.8 Å². The van der Waals surface area contributed by atoms with Crippen molar-refractivity contribution in [1.82, 2.24) is 19.6 Å². The molecule has 2 amide bonds. The summed E-state index contributed by atoms with van der Waals surface area (Å²) in [7, 11) is 1.93. The van der Waals surface area contributed by atoms with Gasteiger partial charge in [0.1, 0.15) is 6.54 Å². The number of aromatic nitrogens is 2. The van der Waals surface area contributed by atoms with E-state index >= 15 is 0 Å². The van der Waals surface area contributed by atoms with Crippen LogP contribution in [0.25, 0.3) is 0 Å². The number of benzene rings is 1. The van der Waals surface area contributed by atoms with Crippen LogP contribution in [0.1, 0.15) is 50.7 Å². The van der Waals surface area contributed by atoms with E-state index in [2.05, 4.69) is 50.1 Å². The molecule has 2 aromatic rings. The van der Waals surface area contributed by atoms with Gasteiger partial charge in [0, 0.05) is 45.0 Å². The van der Waals surface area contributed by atoms with E-state index in [0.29, 0.717) is 18.3 Å². The van der Waals surface area contributed by atoms with Crippen LogP contribution in [0.15, 0.2) is 42.7 Å². The Labute approximate surface area is 192 Å². The second-order valence-corrected chi connectivity index (χ2v) is 9.56. The molecule has 1 aromatic heterocycles. The minimum Gasteiger partial charge on any atom is -0.343 e. The number of rotatable bonds is 9. The molecular formula is C26H38N4O2. The third-order valence-corrected chi connectivity index (χ3v) is 6.81. The van der Waals surface area contributed by atoms with Gasteiger partial charge in [-0.2, -0.15) is 5.10 Å². The molecule has 1 atom stereocenters. The Hall–Kier alpha value is -2.63. The van der Waals surface area contributed by atoms with Gasteiger partial charge in [-0.15, -0.1) is 0 Å². The SMILES string of the molecule is Cc1ccccc1C[C@@H](C1CCN(C(=O)CCC(C)C)CC1)N(C)C(=O)Cn1cccn1. The molecule has 1 fully saturated rings. The van der Waals surface area contributed by atoms with E-state index in [1.807, 2.05) is 29.1 Å². The lowest BCUT2D eigenvalue weighted by Crippen LogP contribution is -2.49. The minimum atomic E-state index is 0.0720. The van der Waals surface area contributed by atoms with E-state index in [1.165, 1.54) is 11.1 Å². The summed E-state index contributed by atoms with van der Waals surface area (Å²) in [4.78, 5) is 29.6. The summed E-state index contributed by atoms with van der Waals surface area (Å²) in [5, 5.41) is 4.19. The fourth-order valence-corrected chi connectivity index (χ4v) is 4.62. The number of carbonyl (C=O) groups is 2. The molecule has 1 aliphatic rings. The van der Waals surface area contributed by atoms with Crippen molar-refractivity contribution in [2.24, 2.45) is 11.8 Å². The second kappa shape index (κ2) is 11.3. The molecule has 0 spiro atoms. The molecule has 2 heterocycles. The summed E-state index contributed by atoms with van der Waals surface area (Å²) in [6.45, 7) is 8.27. The predicted molar refractivity (Wildman–Crippen MR) is 127 cm³/mol. The smallest absolute Gasteiger partial charge is 0.244 e. The highest BCUT2D eigenvalue weighted by atomic mass is 16.2. The van der Waals surface area contributed by atoms with Crippen molar-refractivity contribution in [3.63, 3.8) is 0 Å². The summed E-state index contributed by atoms with van der Waals surface area (Å²) in [5.74, 6) is 1.26.